The number of carbonyl (C=O) groups is 1. The Bertz CT molecular complexity index is 563. The first-order chi connectivity index (χ1) is 8.13. The monoisotopic (exact) mass is 234 g/mol. The second-order valence-electron chi connectivity index (χ2n) is 3.57. The van der Waals surface area contributed by atoms with E-state index in [4.69, 9.17) is 4.74 Å². The highest BCUT2D eigenvalue weighted by molar-refractivity contribution is 6.07. The molecule has 2 rings (SSSR count). The van der Waals surface area contributed by atoms with Gasteiger partial charge in [0.25, 0.3) is 0 Å². The number of aryl methyl sites for hydroxylation is 1. The molecule has 2 aromatic rings. The molecule has 0 radical (unpaired) electrons. The first-order valence-corrected chi connectivity index (χ1v) is 4.98. The lowest BCUT2D eigenvalue weighted by atomic mass is 10.1. The third-order valence-corrected chi connectivity index (χ3v) is 2.46. The van der Waals surface area contributed by atoms with E-state index in [1.54, 1.807) is 11.6 Å². The molecule has 88 valence electrons. The fraction of sp³-hybridized carbons (Fsp3) is 0.167. The van der Waals surface area contributed by atoms with E-state index in [0.29, 0.717) is 5.69 Å². The number of imidazole rings is 1. The van der Waals surface area contributed by atoms with E-state index in [0.717, 1.165) is 6.07 Å². The van der Waals surface area contributed by atoms with Crippen molar-refractivity contribution < 1.29 is 13.9 Å². The largest absolute Gasteiger partial charge is 0.494 e. The van der Waals surface area contributed by atoms with Gasteiger partial charge in [-0.1, -0.05) is 0 Å². The Labute approximate surface area is 97.7 Å². The summed E-state index contributed by atoms with van der Waals surface area (Å²) in [6, 6.07) is 4.12. The van der Waals surface area contributed by atoms with Gasteiger partial charge in [0.1, 0.15) is 5.69 Å². The van der Waals surface area contributed by atoms with E-state index in [-0.39, 0.29) is 17.1 Å². The number of benzene rings is 1. The summed E-state index contributed by atoms with van der Waals surface area (Å²) in [6.07, 6.45) is 2.97. The average molecular weight is 234 g/mol. The normalized spacial score (nSPS) is 10.3. The molecule has 0 aliphatic heterocycles. The van der Waals surface area contributed by atoms with E-state index in [2.05, 4.69) is 4.98 Å². The molecule has 0 aliphatic carbocycles. The van der Waals surface area contributed by atoms with Gasteiger partial charge in [0, 0.05) is 12.6 Å². The first-order valence-electron chi connectivity index (χ1n) is 4.98. The Morgan fingerprint density at radius 3 is 2.76 bits per heavy atom. The quantitative estimate of drug-likeness (QED) is 0.760. The van der Waals surface area contributed by atoms with Crippen LogP contribution in [-0.4, -0.2) is 22.4 Å². The summed E-state index contributed by atoms with van der Waals surface area (Å²) in [6.45, 7) is 0. The lowest BCUT2D eigenvalue weighted by molar-refractivity contribution is 0.103. The van der Waals surface area contributed by atoms with Gasteiger partial charge in [-0.2, -0.15) is 0 Å². The number of hydrogen-bond acceptors (Lipinski definition) is 3. The molecule has 17 heavy (non-hydrogen) atoms. The van der Waals surface area contributed by atoms with Crippen LogP contribution in [0.1, 0.15) is 16.1 Å². The Morgan fingerprint density at radius 2 is 2.24 bits per heavy atom. The Hall–Kier alpha value is -2.17. The molecule has 0 unspecified atom stereocenters. The average Bonchev–Trinajstić information content (AvgIpc) is 2.74. The van der Waals surface area contributed by atoms with Gasteiger partial charge in [-0.25, -0.2) is 9.37 Å². The summed E-state index contributed by atoms with van der Waals surface area (Å²) < 4.78 is 19.8. The van der Waals surface area contributed by atoms with Gasteiger partial charge >= 0.3 is 0 Å². The van der Waals surface area contributed by atoms with Crippen molar-refractivity contribution in [3.8, 4) is 5.75 Å². The van der Waals surface area contributed by atoms with Gasteiger partial charge in [0.2, 0.25) is 5.78 Å². The molecule has 0 N–H and O–H groups in total. The lowest BCUT2D eigenvalue weighted by Gasteiger charge is -2.05. The Kier molecular flexibility index (Phi) is 2.91. The van der Waals surface area contributed by atoms with Crippen LogP contribution in [0.15, 0.2) is 30.7 Å². The van der Waals surface area contributed by atoms with Crippen molar-refractivity contribution in [3.63, 3.8) is 0 Å². The molecular formula is C12H11FN2O2. The van der Waals surface area contributed by atoms with Crippen LogP contribution in [0, 0.1) is 5.82 Å². The van der Waals surface area contributed by atoms with Crippen molar-refractivity contribution in [2.45, 2.75) is 0 Å². The standard InChI is InChI=1S/C12H11FN2O2/c1-15-7-14-6-10(15)12(16)8-3-4-11(17-2)9(13)5-8/h3-7H,1-2H3. The van der Waals surface area contributed by atoms with Gasteiger partial charge in [-0.05, 0) is 18.2 Å². The maximum absolute atomic E-state index is 13.5. The molecule has 5 heteroatoms. The molecule has 4 nitrogen and oxygen atoms in total. The third kappa shape index (κ3) is 2.04. The molecule has 0 spiro atoms. The minimum absolute atomic E-state index is 0.117. The smallest absolute Gasteiger partial charge is 0.211 e. The number of halogens is 1. The Balaban J connectivity index is 2.39. The zero-order chi connectivity index (χ0) is 12.4. The van der Waals surface area contributed by atoms with Gasteiger partial charge < -0.3 is 9.30 Å². The van der Waals surface area contributed by atoms with Gasteiger partial charge in [-0.3, -0.25) is 4.79 Å². The molecule has 0 aliphatic rings. The van der Waals surface area contributed by atoms with Gasteiger partial charge in [0.05, 0.1) is 19.6 Å². The minimum atomic E-state index is -0.555. The van der Waals surface area contributed by atoms with Crippen LogP contribution < -0.4 is 4.74 Å². The SMILES string of the molecule is COc1ccc(C(=O)c2cncn2C)cc1F. The first kappa shape index (κ1) is 11.3. The van der Waals surface area contributed by atoms with Crippen molar-refractivity contribution in [1.82, 2.24) is 9.55 Å². The van der Waals surface area contributed by atoms with Crippen LogP contribution in [0.3, 0.4) is 0 Å². The number of hydrogen-bond donors (Lipinski definition) is 0. The van der Waals surface area contributed by atoms with Crippen LogP contribution in [-0.2, 0) is 7.05 Å². The van der Waals surface area contributed by atoms with Crippen LogP contribution in [0.5, 0.6) is 5.75 Å². The number of carbonyl (C=O) groups excluding carboxylic acids is 1. The molecular weight excluding hydrogens is 223 g/mol. The second-order valence-corrected chi connectivity index (χ2v) is 3.57. The molecule has 1 heterocycles. The highest BCUT2D eigenvalue weighted by atomic mass is 19.1. The molecule has 0 saturated carbocycles. The lowest BCUT2D eigenvalue weighted by Crippen LogP contribution is -2.07. The number of methoxy groups -OCH3 is 1. The minimum Gasteiger partial charge on any atom is -0.494 e. The summed E-state index contributed by atoms with van der Waals surface area (Å²) in [4.78, 5) is 15.9. The number of ether oxygens (including phenoxy) is 1. The highest BCUT2D eigenvalue weighted by Gasteiger charge is 2.14. The molecule has 0 fully saturated rings. The van der Waals surface area contributed by atoms with Crippen molar-refractivity contribution in [2.24, 2.45) is 7.05 Å². The summed E-state index contributed by atoms with van der Waals surface area (Å²) in [5, 5.41) is 0. The molecule has 0 amide bonds. The van der Waals surface area contributed by atoms with Crippen molar-refractivity contribution in [1.29, 1.82) is 0 Å². The summed E-state index contributed by atoms with van der Waals surface area (Å²) in [7, 11) is 3.08. The fourth-order valence-corrected chi connectivity index (χ4v) is 1.53. The van der Waals surface area contributed by atoms with E-state index < -0.39 is 5.82 Å². The Morgan fingerprint density at radius 1 is 1.47 bits per heavy atom. The van der Waals surface area contributed by atoms with Crippen molar-refractivity contribution >= 4 is 5.78 Å². The third-order valence-electron chi connectivity index (χ3n) is 2.46. The maximum Gasteiger partial charge on any atom is 0.211 e. The zero-order valence-electron chi connectivity index (χ0n) is 9.48. The van der Waals surface area contributed by atoms with E-state index >= 15 is 0 Å². The van der Waals surface area contributed by atoms with E-state index in [1.165, 1.54) is 31.8 Å². The molecule has 1 aromatic carbocycles. The molecule has 0 saturated heterocycles. The number of rotatable bonds is 3. The predicted octanol–water partition coefficient (Wildman–Crippen LogP) is 1.80. The summed E-state index contributed by atoms with van der Waals surface area (Å²) in [5.74, 6) is -0.710. The number of ketones is 1. The number of aromatic nitrogens is 2. The number of nitrogens with zero attached hydrogens (tertiary/aromatic N) is 2. The second kappa shape index (κ2) is 4.37. The van der Waals surface area contributed by atoms with Crippen LogP contribution in [0.2, 0.25) is 0 Å². The van der Waals surface area contributed by atoms with Crippen LogP contribution in [0.4, 0.5) is 4.39 Å². The summed E-state index contributed by atoms with van der Waals surface area (Å²) >= 11 is 0. The van der Waals surface area contributed by atoms with Crippen molar-refractivity contribution in [3.05, 3.63) is 47.8 Å². The highest BCUT2D eigenvalue weighted by Crippen LogP contribution is 2.19. The van der Waals surface area contributed by atoms with Crippen molar-refractivity contribution in [2.75, 3.05) is 7.11 Å². The van der Waals surface area contributed by atoms with Gasteiger partial charge in [-0.15, -0.1) is 0 Å². The van der Waals surface area contributed by atoms with Crippen LogP contribution >= 0.6 is 0 Å². The molecule has 0 atom stereocenters. The van der Waals surface area contributed by atoms with Crippen LogP contribution in [0.25, 0.3) is 0 Å². The molecule has 1 aromatic heterocycles. The topological polar surface area (TPSA) is 44.1 Å². The maximum atomic E-state index is 13.5. The summed E-state index contributed by atoms with van der Waals surface area (Å²) in [5.41, 5.74) is 0.682. The van der Waals surface area contributed by atoms with Gasteiger partial charge in [0.15, 0.2) is 11.6 Å². The van der Waals surface area contributed by atoms with E-state index in [9.17, 15) is 9.18 Å². The molecule has 0 bridgehead atoms. The zero-order valence-corrected chi connectivity index (χ0v) is 9.48. The fourth-order valence-electron chi connectivity index (χ4n) is 1.53. The van der Waals surface area contributed by atoms with E-state index in [1.807, 2.05) is 0 Å². The predicted molar refractivity (Wildman–Crippen MR) is 59.6 cm³/mol.